The topological polar surface area (TPSA) is 75.3 Å². The Hall–Kier alpha value is -1.97. The number of urea groups is 1. The molecule has 2 aromatic carbocycles. The molecule has 0 aromatic heterocycles. The van der Waals surface area contributed by atoms with Crippen molar-refractivity contribution in [3.05, 3.63) is 52.0 Å². The Morgan fingerprint density at radius 1 is 1.04 bits per heavy atom. The first-order valence-corrected chi connectivity index (χ1v) is 9.11. The van der Waals surface area contributed by atoms with Crippen LogP contribution in [-0.2, 0) is 16.0 Å². The summed E-state index contributed by atoms with van der Waals surface area (Å²) in [5, 5.41) is 4.09. The maximum atomic E-state index is 12.7. The summed E-state index contributed by atoms with van der Waals surface area (Å²) in [5.74, 6) is 0. The first-order valence-electron chi connectivity index (χ1n) is 6.87. The SMILES string of the molecule is CNC(=O)Nc1cc(Cl)c(S(=O)(=O)c2ccc(C(F)(F)F)cc2)c(Cl)c1. The molecule has 0 radical (unpaired) electrons. The second kappa shape index (κ2) is 7.34. The van der Waals surface area contributed by atoms with E-state index < -0.39 is 37.4 Å². The maximum Gasteiger partial charge on any atom is 0.416 e. The van der Waals surface area contributed by atoms with Gasteiger partial charge in [0.2, 0.25) is 9.84 Å². The van der Waals surface area contributed by atoms with Gasteiger partial charge in [-0.15, -0.1) is 0 Å². The highest BCUT2D eigenvalue weighted by Crippen LogP contribution is 2.37. The molecule has 0 fully saturated rings. The molecule has 0 heterocycles. The smallest absolute Gasteiger partial charge is 0.341 e. The quantitative estimate of drug-likeness (QED) is 0.752. The van der Waals surface area contributed by atoms with E-state index in [2.05, 4.69) is 10.6 Å². The van der Waals surface area contributed by atoms with E-state index in [-0.39, 0.29) is 15.7 Å². The van der Waals surface area contributed by atoms with Gasteiger partial charge in [-0.05, 0) is 36.4 Å². The number of nitrogens with one attached hydrogen (secondary N) is 2. The summed E-state index contributed by atoms with van der Waals surface area (Å²) >= 11 is 12.0. The summed E-state index contributed by atoms with van der Waals surface area (Å²) < 4.78 is 63.2. The Kier molecular flexibility index (Phi) is 5.74. The lowest BCUT2D eigenvalue weighted by molar-refractivity contribution is -0.137. The van der Waals surface area contributed by atoms with Gasteiger partial charge in [0.05, 0.1) is 20.5 Å². The summed E-state index contributed by atoms with van der Waals surface area (Å²) in [6, 6.07) is 4.70. The molecule has 0 aliphatic carbocycles. The van der Waals surface area contributed by atoms with Crippen LogP contribution in [0.15, 0.2) is 46.2 Å². The second-order valence-corrected chi connectivity index (χ2v) is 7.70. The lowest BCUT2D eigenvalue weighted by Gasteiger charge is -2.13. The third-order valence-corrected chi connectivity index (χ3v) is 5.93. The normalized spacial score (nSPS) is 11.9. The van der Waals surface area contributed by atoms with Crippen molar-refractivity contribution in [3.8, 4) is 0 Å². The third kappa shape index (κ3) is 4.22. The molecule has 5 nitrogen and oxygen atoms in total. The minimum absolute atomic E-state index is 0.144. The van der Waals surface area contributed by atoms with E-state index in [0.717, 1.165) is 12.1 Å². The van der Waals surface area contributed by atoms with Crippen LogP contribution >= 0.6 is 23.2 Å². The summed E-state index contributed by atoms with van der Waals surface area (Å²) in [4.78, 5) is 10.4. The monoisotopic (exact) mass is 426 g/mol. The third-order valence-electron chi connectivity index (χ3n) is 3.24. The molecule has 0 atom stereocenters. The summed E-state index contributed by atoms with van der Waals surface area (Å²) in [6.45, 7) is 0. The molecule has 2 rings (SSSR count). The molecular formula is C15H11Cl2F3N2O3S. The first-order chi connectivity index (χ1) is 12.0. The predicted octanol–water partition coefficient (Wildman–Crippen LogP) is 4.60. The van der Waals surface area contributed by atoms with E-state index in [1.807, 2.05) is 0 Å². The van der Waals surface area contributed by atoms with Crippen molar-refractivity contribution in [1.82, 2.24) is 5.32 Å². The molecule has 26 heavy (non-hydrogen) atoms. The van der Waals surface area contributed by atoms with Crippen LogP contribution in [0.2, 0.25) is 10.0 Å². The van der Waals surface area contributed by atoms with Gasteiger partial charge in [-0.1, -0.05) is 23.2 Å². The number of carbonyl (C=O) groups excluding carboxylic acids is 1. The largest absolute Gasteiger partial charge is 0.416 e. The Morgan fingerprint density at radius 2 is 1.54 bits per heavy atom. The molecular weight excluding hydrogens is 416 g/mol. The van der Waals surface area contributed by atoms with Gasteiger partial charge in [0.1, 0.15) is 4.90 Å². The Bertz CT molecular complexity index is 923. The fourth-order valence-corrected chi connectivity index (χ4v) is 4.48. The van der Waals surface area contributed by atoms with Crippen LogP contribution in [0.3, 0.4) is 0 Å². The van der Waals surface area contributed by atoms with Gasteiger partial charge >= 0.3 is 12.2 Å². The van der Waals surface area contributed by atoms with Crippen LogP contribution < -0.4 is 10.6 Å². The zero-order valence-electron chi connectivity index (χ0n) is 13.0. The minimum atomic E-state index is -4.59. The molecule has 2 aromatic rings. The van der Waals surface area contributed by atoms with Crippen molar-refractivity contribution in [2.24, 2.45) is 0 Å². The average molecular weight is 427 g/mol. The number of carbonyl (C=O) groups is 1. The number of rotatable bonds is 3. The fraction of sp³-hybridized carbons (Fsp3) is 0.133. The van der Waals surface area contributed by atoms with Gasteiger partial charge < -0.3 is 10.6 Å². The van der Waals surface area contributed by atoms with Crippen LogP contribution in [0.4, 0.5) is 23.7 Å². The van der Waals surface area contributed by atoms with Crippen molar-refractivity contribution < 1.29 is 26.4 Å². The van der Waals surface area contributed by atoms with Crippen molar-refractivity contribution >= 4 is 44.8 Å². The summed E-state index contributed by atoms with van der Waals surface area (Å²) in [5.41, 5.74) is -0.843. The Morgan fingerprint density at radius 3 is 1.96 bits per heavy atom. The van der Waals surface area contributed by atoms with Crippen LogP contribution in [0, 0.1) is 0 Å². The van der Waals surface area contributed by atoms with Crippen molar-refractivity contribution in [1.29, 1.82) is 0 Å². The summed E-state index contributed by atoms with van der Waals surface area (Å²) in [7, 11) is -2.90. The molecule has 0 aliphatic rings. The zero-order chi connectivity index (χ0) is 19.7. The van der Waals surface area contributed by atoms with Gasteiger partial charge in [-0.3, -0.25) is 0 Å². The highest BCUT2D eigenvalue weighted by molar-refractivity contribution is 7.91. The van der Waals surface area contributed by atoms with Gasteiger partial charge in [0.15, 0.2) is 0 Å². The number of hydrogen-bond acceptors (Lipinski definition) is 3. The lowest BCUT2D eigenvalue weighted by atomic mass is 10.2. The molecule has 2 amide bonds. The number of benzene rings is 2. The van der Waals surface area contributed by atoms with Crippen LogP contribution in [-0.4, -0.2) is 21.5 Å². The molecule has 0 bridgehead atoms. The number of halogens is 5. The predicted molar refractivity (Wildman–Crippen MR) is 91.4 cm³/mol. The minimum Gasteiger partial charge on any atom is -0.341 e. The van der Waals surface area contributed by atoms with Crippen LogP contribution in [0.5, 0.6) is 0 Å². The van der Waals surface area contributed by atoms with Gasteiger partial charge in [-0.2, -0.15) is 13.2 Å². The zero-order valence-corrected chi connectivity index (χ0v) is 15.3. The van der Waals surface area contributed by atoms with Crippen molar-refractivity contribution in [3.63, 3.8) is 0 Å². The second-order valence-electron chi connectivity index (χ2n) is 5.00. The number of sulfone groups is 1. The van der Waals surface area contributed by atoms with Crippen molar-refractivity contribution in [2.45, 2.75) is 16.0 Å². The Labute approximate surface area is 157 Å². The van der Waals surface area contributed by atoms with E-state index in [9.17, 15) is 26.4 Å². The van der Waals surface area contributed by atoms with Gasteiger partial charge in [0.25, 0.3) is 0 Å². The maximum absolute atomic E-state index is 12.7. The lowest BCUT2D eigenvalue weighted by Crippen LogP contribution is -2.24. The van der Waals surface area contributed by atoms with Crippen LogP contribution in [0.1, 0.15) is 5.56 Å². The fourth-order valence-electron chi connectivity index (χ4n) is 2.02. The number of alkyl halides is 3. The van der Waals surface area contributed by atoms with Crippen molar-refractivity contribution in [2.75, 3.05) is 12.4 Å². The van der Waals surface area contributed by atoms with Gasteiger partial charge in [-0.25, -0.2) is 13.2 Å². The molecule has 0 spiro atoms. The summed E-state index contributed by atoms with van der Waals surface area (Å²) in [6.07, 6.45) is -4.59. The Balaban J connectivity index is 2.48. The van der Waals surface area contributed by atoms with E-state index in [1.54, 1.807) is 0 Å². The standard InChI is InChI=1S/C15H11Cl2F3N2O3S/c1-21-14(23)22-9-6-11(16)13(12(17)7-9)26(24,25)10-4-2-8(3-5-10)15(18,19)20/h2-7H,1H3,(H2,21,22,23). The van der Waals surface area contributed by atoms with E-state index >= 15 is 0 Å². The number of anilines is 1. The highest BCUT2D eigenvalue weighted by atomic mass is 35.5. The molecule has 140 valence electrons. The molecule has 0 unspecified atom stereocenters. The molecule has 11 heteroatoms. The number of hydrogen-bond donors (Lipinski definition) is 2. The molecule has 0 aliphatic heterocycles. The van der Waals surface area contributed by atoms with E-state index in [4.69, 9.17) is 23.2 Å². The average Bonchev–Trinajstić information content (AvgIpc) is 2.53. The molecule has 0 saturated heterocycles. The molecule has 2 N–H and O–H groups in total. The van der Waals surface area contributed by atoms with Gasteiger partial charge in [0, 0.05) is 12.7 Å². The van der Waals surface area contributed by atoms with E-state index in [0.29, 0.717) is 12.1 Å². The van der Waals surface area contributed by atoms with E-state index in [1.165, 1.54) is 19.2 Å². The number of amides is 2. The van der Waals surface area contributed by atoms with Crippen LogP contribution in [0.25, 0.3) is 0 Å². The highest BCUT2D eigenvalue weighted by Gasteiger charge is 2.31. The first kappa shape index (κ1) is 20.3. The molecule has 0 saturated carbocycles.